The lowest BCUT2D eigenvalue weighted by Crippen LogP contribution is -2.43. The summed E-state index contributed by atoms with van der Waals surface area (Å²) in [7, 11) is 0. The minimum absolute atomic E-state index is 0.229. The van der Waals surface area contributed by atoms with Crippen LogP contribution in [0.2, 0.25) is 5.02 Å². The molecule has 1 fully saturated rings. The maximum absolute atomic E-state index is 10.5. The molecule has 0 saturated carbocycles. The van der Waals surface area contributed by atoms with Crippen LogP contribution >= 0.6 is 11.6 Å². The number of furan rings is 1. The predicted octanol–water partition coefficient (Wildman–Crippen LogP) is 2.82. The van der Waals surface area contributed by atoms with Crippen molar-refractivity contribution in [2.45, 2.75) is 19.6 Å². The molecule has 1 aliphatic heterocycles. The average Bonchev–Trinajstić information content (AvgIpc) is 3.11. The van der Waals surface area contributed by atoms with E-state index >= 15 is 0 Å². The zero-order valence-electron chi connectivity index (χ0n) is 16.3. The summed E-state index contributed by atoms with van der Waals surface area (Å²) in [6.07, 6.45) is -0.601. The van der Waals surface area contributed by atoms with Gasteiger partial charge >= 0.3 is 0 Å². The molecule has 1 atom stereocenters. The molecule has 0 spiro atoms. The van der Waals surface area contributed by atoms with Crippen molar-refractivity contribution in [2.75, 3.05) is 52.5 Å². The van der Waals surface area contributed by atoms with Gasteiger partial charge in [0.15, 0.2) is 0 Å². The number of morpholine rings is 1. The van der Waals surface area contributed by atoms with E-state index in [1.54, 1.807) is 24.3 Å². The lowest BCUT2D eigenvalue weighted by Gasteiger charge is -2.30. The van der Waals surface area contributed by atoms with Crippen LogP contribution in [0.4, 0.5) is 0 Å². The van der Waals surface area contributed by atoms with Gasteiger partial charge in [0.1, 0.15) is 30.0 Å². The Labute approximate surface area is 171 Å². The van der Waals surface area contributed by atoms with Crippen LogP contribution in [0.5, 0.6) is 5.75 Å². The fourth-order valence-corrected chi connectivity index (χ4v) is 3.33. The number of aryl methyl sites for hydroxylation is 1. The van der Waals surface area contributed by atoms with Gasteiger partial charge in [-0.1, -0.05) is 11.6 Å². The first-order valence-corrected chi connectivity index (χ1v) is 10.1. The molecule has 28 heavy (non-hydrogen) atoms. The lowest BCUT2D eigenvalue weighted by molar-refractivity contribution is 0.0247. The Morgan fingerprint density at radius 3 is 2.61 bits per heavy atom. The maximum Gasteiger partial charge on any atom is 0.119 e. The standard InChI is InChI=1S/C21H29ClN2O4/c1-17-2-5-21(28-17)15-24(9-8-23-10-12-26-13-11-23)14-19(25)16-27-20-6-3-18(22)4-7-20/h2-7,19,25H,8-16H2,1H3/t19-/m1/s1. The zero-order chi connectivity index (χ0) is 19.8. The van der Waals surface area contributed by atoms with Gasteiger partial charge in [0.05, 0.1) is 19.8 Å². The highest BCUT2D eigenvalue weighted by atomic mass is 35.5. The summed E-state index contributed by atoms with van der Waals surface area (Å²) < 4.78 is 16.8. The van der Waals surface area contributed by atoms with Gasteiger partial charge in [-0.2, -0.15) is 0 Å². The number of aliphatic hydroxyl groups is 1. The van der Waals surface area contributed by atoms with E-state index in [2.05, 4.69) is 9.80 Å². The molecule has 1 saturated heterocycles. The molecule has 2 aromatic rings. The Morgan fingerprint density at radius 2 is 1.93 bits per heavy atom. The van der Waals surface area contributed by atoms with Crippen LogP contribution in [0.15, 0.2) is 40.8 Å². The molecule has 1 aromatic carbocycles. The molecule has 3 rings (SSSR count). The van der Waals surface area contributed by atoms with Gasteiger partial charge in [-0.15, -0.1) is 0 Å². The first-order chi connectivity index (χ1) is 13.6. The molecule has 2 heterocycles. The molecular formula is C21H29ClN2O4. The summed E-state index contributed by atoms with van der Waals surface area (Å²) >= 11 is 5.89. The molecule has 154 valence electrons. The van der Waals surface area contributed by atoms with Crippen LogP contribution in [-0.2, 0) is 11.3 Å². The Kier molecular flexibility index (Phi) is 8.18. The predicted molar refractivity (Wildman–Crippen MR) is 109 cm³/mol. The smallest absolute Gasteiger partial charge is 0.119 e. The molecule has 0 unspecified atom stereocenters. The molecule has 0 radical (unpaired) electrons. The number of aliphatic hydroxyl groups excluding tert-OH is 1. The first kappa shape index (κ1) is 21.1. The van der Waals surface area contributed by atoms with Gasteiger partial charge in [-0.3, -0.25) is 9.80 Å². The number of ether oxygens (including phenoxy) is 2. The van der Waals surface area contributed by atoms with E-state index in [0.29, 0.717) is 23.9 Å². The van der Waals surface area contributed by atoms with Gasteiger partial charge in [0.2, 0.25) is 0 Å². The van der Waals surface area contributed by atoms with E-state index in [-0.39, 0.29) is 6.61 Å². The SMILES string of the molecule is Cc1ccc(CN(CCN2CCOCC2)C[C@@H](O)COc2ccc(Cl)cc2)o1. The highest BCUT2D eigenvalue weighted by molar-refractivity contribution is 6.30. The number of hydrogen-bond donors (Lipinski definition) is 1. The quantitative estimate of drug-likeness (QED) is 0.652. The van der Waals surface area contributed by atoms with Crippen molar-refractivity contribution < 1.29 is 19.0 Å². The number of halogens is 1. The van der Waals surface area contributed by atoms with E-state index in [9.17, 15) is 5.11 Å². The zero-order valence-corrected chi connectivity index (χ0v) is 17.1. The number of rotatable bonds is 10. The van der Waals surface area contributed by atoms with Crippen LogP contribution in [0.3, 0.4) is 0 Å². The van der Waals surface area contributed by atoms with Crippen molar-refractivity contribution in [3.8, 4) is 5.75 Å². The molecule has 1 aromatic heterocycles. The van der Waals surface area contributed by atoms with Crippen molar-refractivity contribution in [2.24, 2.45) is 0 Å². The van der Waals surface area contributed by atoms with Gasteiger partial charge in [0, 0.05) is 37.7 Å². The largest absolute Gasteiger partial charge is 0.491 e. The van der Waals surface area contributed by atoms with E-state index in [1.807, 2.05) is 19.1 Å². The van der Waals surface area contributed by atoms with E-state index < -0.39 is 6.10 Å². The summed E-state index contributed by atoms with van der Waals surface area (Å²) in [5.74, 6) is 2.50. The van der Waals surface area contributed by atoms with Crippen molar-refractivity contribution in [1.29, 1.82) is 0 Å². The van der Waals surface area contributed by atoms with E-state index in [1.165, 1.54) is 0 Å². The number of hydrogen-bond acceptors (Lipinski definition) is 6. The van der Waals surface area contributed by atoms with Gasteiger partial charge in [0.25, 0.3) is 0 Å². The summed E-state index contributed by atoms with van der Waals surface area (Å²) in [5, 5.41) is 11.2. The van der Waals surface area contributed by atoms with Crippen molar-refractivity contribution in [3.63, 3.8) is 0 Å². The summed E-state index contributed by atoms with van der Waals surface area (Å²) in [4.78, 5) is 4.60. The second kappa shape index (κ2) is 10.8. The lowest BCUT2D eigenvalue weighted by atomic mass is 10.3. The fraction of sp³-hybridized carbons (Fsp3) is 0.524. The second-order valence-electron chi connectivity index (χ2n) is 7.12. The molecule has 6 nitrogen and oxygen atoms in total. The molecule has 1 N–H and O–H groups in total. The monoisotopic (exact) mass is 408 g/mol. The van der Waals surface area contributed by atoms with Gasteiger partial charge < -0.3 is 19.0 Å². The minimum Gasteiger partial charge on any atom is -0.491 e. The molecule has 7 heteroatoms. The third-order valence-corrected chi connectivity index (χ3v) is 4.99. The van der Waals surface area contributed by atoms with Crippen molar-refractivity contribution in [1.82, 2.24) is 9.80 Å². The number of nitrogens with zero attached hydrogens (tertiary/aromatic N) is 2. The van der Waals surface area contributed by atoms with Crippen LogP contribution in [0.1, 0.15) is 11.5 Å². The number of benzene rings is 1. The molecule has 1 aliphatic rings. The fourth-order valence-electron chi connectivity index (χ4n) is 3.21. The summed E-state index contributed by atoms with van der Waals surface area (Å²) in [5.41, 5.74) is 0. The topological polar surface area (TPSA) is 58.3 Å². The first-order valence-electron chi connectivity index (χ1n) is 9.73. The van der Waals surface area contributed by atoms with Gasteiger partial charge in [-0.25, -0.2) is 0 Å². The molecule has 0 bridgehead atoms. The Balaban J connectivity index is 1.51. The third kappa shape index (κ3) is 7.11. The van der Waals surface area contributed by atoms with E-state index in [4.69, 9.17) is 25.5 Å². The van der Waals surface area contributed by atoms with Crippen LogP contribution in [0, 0.1) is 6.92 Å². The van der Waals surface area contributed by atoms with Crippen molar-refractivity contribution in [3.05, 3.63) is 52.9 Å². The minimum atomic E-state index is -0.601. The third-order valence-electron chi connectivity index (χ3n) is 4.74. The van der Waals surface area contributed by atoms with Crippen molar-refractivity contribution >= 4 is 11.6 Å². The highest BCUT2D eigenvalue weighted by Gasteiger charge is 2.17. The van der Waals surface area contributed by atoms with E-state index in [0.717, 1.165) is 50.9 Å². The highest BCUT2D eigenvalue weighted by Crippen LogP contribution is 2.16. The van der Waals surface area contributed by atoms with Crippen LogP contribution in [0.25, 0.3) is 0 Å². The molecule has 0 aliphatic carbocycles. The Hall–Kier alpha value is -1.57. The van der Waals surface area contributed by atoms with Crippen LogP contribution in [-0.4, -0.2) is 73.6 Å². The Bertz CT molecular complexity index is 701. The maximum atomic E-state index is 10.5. The van der Waals surface area contributed by atoms with Gasteiger partial charge in [-0.05, 0) is 43.3 Å². The molecule has 0 amide bonds. The Morgan fingerprint density at radius 1 is 1.18 bits per heavy atom. The second-order valence-corrected chi connectivity index (χ2v) is 7.56. The summed E-state index contributed by atoms with van der Waals surface area (Å²) in [6.45, 7) is 8.61. The summed E-state index contributed by atoms with van der Waals surface area (Å²) in [6, 6.07) is 11.1. The molecular weight excluding hydrogens is 380 g/mol. The normalized spacial score (nSPS) is 16.4. The van der Waals surface area contributed by atoms with Crippen LogP contribution < -0.4 is 4.74 Å². The average molecular weight is 409 g/mol.